The molecule has 0 saturated carbocycles. The lowest BCUT2D eigenvalue weighted by molar-refractivity contribution is -0.120. The normalized spacial score (nSPS) is 12.1. The van der Waals surface area contributed by atoms with Crippen LogP contribution < -0.4 is 15.8 Å². The maximum absolute atomic E-state index is 11.0. The van der Waals surface area contributed by atoms with Crippen molar-refractivity contribution in [1.82, 2.24) is 5.32 Å². The lowest BCUT2D eigenvalue weighted by Gasteiger charge is -2.14. The van der Waals surface area contributed by atoms with E-state index in [9.17, 15) is 4.79 Å². The predicted molar refractivity (Wildman–Crippen MR) is 63.2 cm³/mol. The molecule has 16 heavy (non-hydrogen) atoms. The number of benzene rings is 1. The van der Waals surface area contributed by atoms with Gasteiger partial charge in [-0.25, -0.2) is 0 Å². The molecule has 0 heterocycles. The Morgan fingerprint density at radius 3 is 2.69 bits per heavy atom. The summed E-state index contributed by atoms with van der Waals surface area (Å²) in [5.74, 6) is 0.473. The Balaban J connectivity index is 2.31. The zero-order valence-corrected chi connectivity index (χ0v) is 9.48. The number of hydrogen-bond donors (Lipinski definition) is 2. The largest absolute Gasteiger partial charge is 0.494 e. The molecule has 0 aromatic heterocycles. The third-order valence-corrected chi connectivity index (χ3v) is 2.21. The number of amides is 1. The number of likely N-dealkylation sites (N-methyl/N-ethyl adjacent to an activating group) is 1. The van der Waals surface area contributed by atoms with Gasteiger partial charge in [0, 0.05) is 6.42 Å². The highest BCUT2D eigenvalue weighted by Crippen LogP contribution is 2.08. The summed E-state index contributed by atoms with van der Waals surface area (Å²) in [6.07, 6.45) is 0.581. The highest BCUT2D eigenvalue weighted by molar-refractivity contribution is 5.79. The Morgan fingerprint density at radius 1 is 1.44 bits per heavy atom. The molecule has 4 nitrogen and oxygen atoms in total. The number of primary amides is 1. The Bertz CT molecular complexity index is 314. The van der Waals surface area contributed by atoms with E-state index in [1.807, 2.05) is 37.3 Å². The van der Waals surface area contributed by atoms with Gasteiger partial charge in [0.25, 0.3) is 0 Å². The van der Waals surface area contributed by atoms with Crippen molar-refractivity contribution in [2.75, 3.05) is 13.2 Å². The first kappa shape index (κ1) is 12.5. The summed E-state index contributed by atoms with van der Waals surface area (Å²) in [5, 5.41) is 3.01. The summed E-state index contributed by atoms with van der Waals surface area (Å²) in [6, 6.07) is 9.20. The molecule has 0 bridgehead atoms. The second kappa shape index (κ2) is 6.85. The second-order valence-electron chi connectivity index (χ2n) is 3.46. The number of hydrogen-bond acceptors (Lipinski definition) is 3. The molecule has 1 unspecified atom stereocenters. The topological polar surface area (TPSA) is 64.3 Å². The minimum atomic E-state index is -0.335. The molecule has 0 aliphatic carbocycles. The molecular weight excluding hydrogens is 204 g/mol. The van der Waals surface area contributed by atoms with Crippen LogP contribution in [0.25, 0.3) is 0 Å². The molecule has 88 valence electrons. The predicted octanol–water partition coefficient (Wildman–Crippen LogP) is 0.919. The van der Waals surface area contributed by atoms with Crippen molar-refractivity contribution in [3.05, 3.63) is 30.3 Å². The average Bonchev–Trinajstić information content (AvgIpc) is 2.29. The van der Waals surface area contributed by atoms with E-state index in [0.29, 0.717) is 13.0 Å². The molecule has 1 aromatic rings. The lowest BCUT2D eigenvalue weighted by atomic mass is 10.2. The molecule has 1 aromatic carbocycles. The van der Waals surface area contributed by atoms with Crippen LogP contribution in [0.2, 0.25) is 0 Å². The standard InChI is InChI=1S/C12H18N2O2/c1-2-14-11(12(13)15)8-9-16-10-6-4-3-5-7-10/h3-7,11,14H,2,8-9H2,1H3,(H2,13,15). The highest BCUT2D eigenvalue weighted by atomic mass is 16.5. The Hall–Kier alpha value is -1.55. The average molecular weight is 222 g/mol. The maximum atomic E-state index is 11.0. The summed E-state index contributed by atoms with van der Waals surface area (Å²) >= 11 is 0. The van der Waals surface area contributed by atoms with Crippen molar-refractivity contribution in [2.45, 2.75) is 19.4 Å². The molecule has 1 rings (SSSR count). The molecule has 0 saturated heterocycles. The lowest BCUT2D eigenvalue weighted by Crippen LogP contribution is -2.42. The first-order chi connectivity index (χ1) is 7.74. The van der Waals surface area contributed by atoms with E-state index in [2.05, 4.69) is 5.32 Å². The van der Waals surface area contributed by atoms with Crippen LogP contribution in [0.1, 0.15) is 13.3 Å². The molecule has 0 spiro atoms. The third-order valence-electron chi connectivity index (χ3n) is 2.21. The van der Waals surface area contributed by atoms with E-state index in [-0.39, 0.29) is 11.9 Å². The van der Waals surface area contributed by atoms with E-state index in [1.165, 1.54) is 0 Å². The van der Waals surface area contributed by atoms with Gasteiger partial charge in [0.05, 0.1) is 12.6 Å². The third kappa shape index (κ3) is 4.31. The van der Waals surface area contributed by atoms with Crippen molar-refractivity contribution in [2.24, 2.45) is 5.73 Å². The molecular formula is C12H18N2O2. The highest BCUT2D eigenvalue weighted by Gasteiger charge is 2.13. The zero-order valence-electron chi connectivity index (χ0n) is 9.48. The van der Waals surface area contributed by atoms with Gasteiger partial charge in [0.15, 0.2) is 0 Å². The van der Waals surface area contributed by atoms with Gasteiger partial charge in [-0.3, -0.25) is 4.79 Å². The molecule has 3 N–H and O–H groups in total. The van der Waals surface area contributed by atoms with Crippen molar-refractivity contribution in [3.8, 4) is 5.75 Å². The van der Waals surface area contributed by atoms with Gasteiger partial charge in [-0.05, 0) is 18.7 Å². The Labute approximate surface area is 95.8 Å². The summed E-state index contributed by atoms with van der Waals surface area (Å²) < 4.78 is 5.49. The van der Waals surface area contributed by atoms with E-state index >= 15 is 0 Å². The van der Waals surface area contributed by atoms with Crippen LogP contribution >= 0.6 is 0 Å². The molecule has 0 radical (unpaired) electrons. The molecule has 0 fully saturated rings. The van der Waals surface area contributed by atoms with Crippen LogP contribution in [0.5, 0.6) is 5.75 Å². The number of ether oxygens (including phenoxy) is 1. The van der Waals surface area contributed by atoms with Crippen LogP contribution in [-0.2, 0) is 4.79 Å². The molecule has 0 aliphatic heterocycles. The number of carbonyl (C=O) groups is 1. The van der Waals surface area contributed by atoms with Gasteiger partial charge >= 0.3 is 0 Å². The summed E-state index contributed by atoms with van der Waals surface area (Å²) in [5.41, 5.74) is 5.25. The van der Waals surface area contributed by atoms with E-state index < -0.39 is 0 Å². The Kier molecular flexibility index (Phi) is 5.36. The van der Waals surface area contributed by atoms with Gasteiger partial charge in [-0.15, -0.1) is 0 Å². The summed E-state index contributed by atoms with van der Waals surface area (Å²) in [7, 11) is 0. The van der Waals surface area contributed by atoms with E-state index in [0.717, 1.165) is 12.3 Å². The first-order valence-corrected chi connectivity index (χ1v) is 5.44. The summed E-state index contributed by atoms with van der Waals surface area (Å²) in [6.45, 7) is 3.14. The maximum Gasteiger partial charge on any atom is 0.234 e. The number of carbonyl (C=O) groups excluding carboxylic acids is 1. The van der Waals surface area contributed by atoms with Crippen molar-refractivity contribution >= 4 is 5.91 Å². The van der Waals surface area contributed by atoms with Gasteiger partial charge in [-0.1, -0.05) is 25.1 Å². The smallest absolute Gasteiger partial charge is 0.234 e. The van der Waals surface area contributed by atoms with Gasteiger partial charge < -0.3 is 15.8 Å². The van der Waals surface area contributed by atoms with Gasteiger partial charge in [0.1, 0.15) is 5.75 Å². The van der Waals surface area contributed by atoms with Crippen molar-refractivity contribution < 1.29 is 9.53 Å². The van der Waals surface area contributed by atoms with Gasteiger partial charge in [0.2, 0.25) is 5.91 Å². The van der Waals surface area contributed by atoms with Crippen LogP contribution in [0, 0.1) is 0 Å². The minimum absolute atomic E-state index is 0.311. The molecule has 0 aliphatic rings. The Morgan fingerprint density at radius 2 is 2.12 bits per heavy atom. The fourth-order valence-electron chi connectivity index (χ4n) is 1.40. The molecule has 4 heteroatoms. The SMILES string of the molecule is CCNC(CCOc1ccccc1)C(N)=O. The monoisotopic (exact) mass is 222 g/mol. The molecule has 1 amide bonds. The number of rotatable bonds is 7. The van der Waals surface area contributed by atoms with Crippen molar-refractivity contribution in [1.29, 1.82) is 0 Å². The van der Waals surface area contributed by atoms with Crippen LogP contribution in [-0.4, -0.2) is 25.1 Å². The van der Waals surface area contributed by atoms with Crippen molar-refractivity contribution in [3.63, 3.8) is 0 Å². The number of para-hydroxylation sites is 1. The fraction of sp³-hybridized carbons (Fsp3) is 0.417. The van der Waals surface area contributed by atoms with Gasteiger partial charge in [-0.2, -0.15) is 0 Å². The zero-order chi connectivity index (χ0) is 11.8. The minimum Gasteiger partial charge on any atom is -0.494 e. The first-order valence-electron chi connectivity index (χ1n) is 5.44. The molecule has 1 atom stereocenters. The second-order valence-corrected chi connectivity index (χ2v) is 3.46. The fourth-order valence-corrected chi connectivity index (χ4v) is 1.40. The quantitative estimate of drug-likeness (QED) is 0.721. The number of nitrogens with one attached hydrogen (secondary N) is 1. The summed E-state index contributed by atoms with van der Waals surface area (Å²) in [4.78, 5) is 11.0. The van der Waals surface area contributed by atoms with E-state index in [1.54, 1.807) is 0 Å². The van der Waals surface area contributed by atoms with Crippen LogP contribution in [0.4, 0.5) is 0 Å². The van der Waals surface area contributed by atoms with Crippen LogP contribution in [0.3, 0.4) is 0 Å². The van der Waals surface area contributed by atoms with Crippen LogP contribution in [0.15, 0.2) is 30.3 Å². The number of nitrogens with two attached hydrogens (primary N) is 1. The van der Waals surface area contributed by atoms with E-state index in [4.69, 9.17) is 10.5 Å².